The van der Waals surface area contributed by atoms with E-state index in [4.69, 9.17) is 15.4 Å². The van der Waals surface area contributed by atoms with Crippen molar-refractivity contribution in [2.24, 2.45) is 0 Å². The molecule has 1 unspecified atom stereocenters. The van der Waals surface area contributed by atoms with Crippen LogP contribution in [0.2, 0.25) is 0 Å². The molecule has 1 aromatic rings. The summed E-state index contributed by atoms with van der Waals surface area (Å²) in [6.45, 7) is 1.30. The molecule has 0 spiro atoms. The van der Waals surface area contributed by atoms with Crippen LogP contribution in [0.3, 0.4) is 0 Å². The van der Waals surface area contributed by atoms with E-state index in [-0.39, 0.29) is 5.75 Å². The second-order valence-electron chi connectivity index (χ2n) is 3.86. The molecule has 7 nitrogen and oxygen atoms in total. The van der Waals surface area contributed by atoms with Gasteiger partial charge >= 0.3 is 6.03 Å². The Balaban J connectivity index is 2.84. The zero-order chi connectivity index (χ0) is 16.2. The molecule has 0 aliphatic rings. The van der Waals surface area contributed by atoms with E-state index in [1.54, 1.807) is 0 Å². The third kappa shape index (κ3) is 4.87. The third-order valence-electron chi connectivity index (χ3n) is 2.32. The van der Waals surface area contributed by atoms with Crippen LogP contribution in [0.25, 0.3) is 0 Å². The van der Waals surface area contributed by atoms with Gasteiger partial charge in [-0.15, -0.1) is 0 Å². The summed E-state index contributed by atoms with van der Waals surface area (Å²) in [4.78, 5) is 22.0. The first-order valence-corrected chi connectivity index (χ1v) is 7.89. The maximum absolute atomic E-state index is 13.7. The summed E-state index contributed by atoms with van der Waals surface area (Å²) >= 11 is 0. The van der Waals surface area contributed by atoms with E-state index < -0.39 is 37.8 Å². The predicted molar refractivity (Wildman–Crippen MR) is 72.1 cm³/mol. The van der Waals surface area contributed by atoms with Crippen LogP contribution in [-0.4, -0.2) is 33.5 Å². The van der Waals surface area contributed by atoms with Crippen LogP contribution < -0.4 is 15.4 Å². The lowest BCUT2D eigenvalue weighted by molar-refractivity contribution is -0.126. The second kappa shape index (κ2) is 6.72. The van der Waals surface area contributed by atoms with Crippen molar-refractivity contribution in [3.63, 3.8) is 0 Å². The monoisotopic (exact) mass is 338 g/mol. The molecule has 0 heterocycles. The molecule has 0 aromatic heterocycles. The maximum atomic E-state index is 13.7. The molecule has 10 heteroatoms. The van der Waals surface area contributed by atoms with E-state index in [9.17, 15) is 22.4 Å². The van der Waals surface area contributed by atoms with Gasteiger partial charge in [-0.1, -0.05) is 0 Å². The van der Waals surface area contributed by atoms with Crippen molar-refractivity contribution in [1.29, 1.82) is 0 Å². The molecule has 1 rings (SSSR count). The highest BCUT2D eigenvalue weighted by atomic mass is 35.7. The molecule has 0 fully saturated rings. The zero-order valence-electron chi connectivity index (χ0n) is 11.0. The normalized spacial score (nSPS) is 12.4. The summed E-state index contributed by atoms with van der Waals surface area (Å²) < 4.78 is 40.7. The Morgan fingerprint density at radius 3 is 2.48 bits per heavy atom. The number of hydrogen-bond acceptors (Lipinski definition) is 5. The van der Waals surface area contributed by atoms with Crippen molar-refractivity contribution in [2.75, 3.05) is 7.05 Å². The van der Waals surface area contributed by atoms with Crippen LogP contribution in [0.1, 0.15) is 6.92 Å². The first kappa shape index (κ1) is 17.2. The van der Waals surface area contributed by atoms with Gasteiger partial charge in [0.2, 0.25) is 0 Å². The summed E-state index contributed by atoms with van der Waals surface area (Å²) in [5.41, 5.74) is 0. The first-order chi connectivity index (χ1) is 9.65. The molecular formula is C11H12ClFN2O5S. The van der Waals surface area contributed by atoms with Gasteiger partial charge in [-0.2, -0.15) is 0 Å². The number of halogens is 2. The minimum atomic E-state index is -4.06. The van der Waals surface area contributed by atoms with E-state index in [1.807, 2.05) is 5.32 Å². The lowest BCUT2D eigenvalue weighted by atomic mass is 10.3. The lowest BCUT2D eigenvalue weighted by Gasteiger charge is -2.14. The summed E-state index contributed by atoms with van der Waals surface area (Å²) in [7, 11) is 2.33. The maximum Gasteiger partial charge on any atom is 0.321 e. The van der Waals surface area contributed by atoms with Crippen LogP contribution in [0, 0.1) is 5.82 Å². The Hall–Kier alpha value is -1.87. The fourth-order valence-electron chi connectivity index (χ4n) is 1.25. The number of imide groups is 1. The van der Waals surface area contributed by atoms with Gasteiger partial charge in [-0.3, -0.25) is 10.1 Å². The molecular weight excluding hydrogens is 327 g/mol. The highest BCUT2D eigenvalue weighted by Crippen LogP contribution is 2.24. The molecule has 0 aliphatic carbocycles. The summed E-state index contributed by atoms with van der Waals surface area (Å²) in [5.74, 6) is -2.14. The van der Waals surface area contributed by atoms with Gasteiger partial charge in [-0.05, 0) is 25.1 Å². The molecule has 2 N–H and O–H groups in total. The van der Waals surface area contributed by atoms with E-state index in [2.05, 4.69) is 5.32 Å². The molecule has 1 aromatic carbocycles. The van der Waals surface area contributed by atoms with Crippen molar-refractivity contribution in [1.82, 2.24) is 10.6 Å². The average Bonchev–Trinajstić information content (AvgIpc) is 2.39. The predicted octanol–water partition coefficient (Wildman–Crippen LogP) is 0.976. The molecule has 116 valence electrons. The standard InChI is InChI=1S/C11H12ClFN2O5S/c1-6(10(16)15-11(17)14-2)20-9-4-3-7(5-8(9)13)21(12,18)19/h3-6H,1-2H3,(H2,14,15,16,17). The first-order valence-electron chi connectivity index (χ1n) is 5.58. The number of hydrogen-bond donors (Lipinski definition) is 2. The smallest absolute Gasteiger partial charge is 0.321 e. The number of amides is 3. The number of carbonyl (C=O) groups excluding carboxylic acids is 2. The van der Waals surface area contributed by atoms with E-state index in [0.717, 1.165) is 12.1 Å². The third-order valence-corrected chi connectivity index (χ3v) is 3.67. The van der Waals surface area contributed by atoms with E-state index in [0.29, 0.717) is 6.07 Å². The second-order valence-corrected chi connectivity index (χ2v) is 6.42. The Labute approximate surface area is 124 Å². The van der Waals surface area contributed by atoms with Crippen LogP contribution in [0.4, 0.5) is 9.18 Å². The fourth-order valence-corrected chi connectivity index (χ4v) is 2.01. The Morgan fingerprint density at radius 1 is 1.38 bits per heavy atom. The van der Waals surface area contributed by atoms with Gasteiger partial charge < -0.3 is 10.1 Å². The van der Waals surface area contributed by atoms with Crippen LogP contribution in [0.15, 0.2) is 23.1 Å². The van der Waals surface area contributed by atoms with Crippen molar-refractivity contribution in [3.05, 3.63) is 24.0 Å². The number of urea groups is 1. The number of benzene rings is 1. The summed E-state index contributed by atoms with van der Waals surface area (Å²) in [5, 5.41) is 4.12. The summed E-state index contributed by atoms with van der Waals surface area (Å²) in [6, 6.07) is 1.99. The van der Waals surface area contributed by atoms with Gasteiger partial charge in [0.25, 0.3) is 15.0 Å². The SMILES string of the molecule is CNC(=O)NC(=O)C(C)Oc1ccc(S(=O)(=O)Cl)cc1F. The van der Waals surface area contributed by atoms with Crippen LogP contribution in [-0.2, 0) is 13.8 Å². The number of nitrogens with one attached hydrogen (secondary N) is 2. The van der Waals surface area contributed by atoms with Crippen molar-refractivity contribution < 1.29 is 27.1 Å². The van der Waals surface area contributed by atoms with E-state index >= 15 is 0 Å². The molecule has 0 saturated carbocycles. The van der Waals surface area contributed by atoms with Gasteiger partial charge in [-0.25, -0.2) is 17.6 Å². The molecule has 0 aliphatic heterocycles. The Morgan fingerprint density at radius 2 is 2.00 bits per heavy atom. The number of carbonyl (C=O) groups is 2. The van der Waals surface area contributed by atoms with Gasteiger partial charge in [0.15, 0.2) is 17.7 Å². The minimum absolute atomic E-state index is 0.348. The minimum Gasteiger partial charge on any atom is -0.478 e. The summed E-state index contributed by atoms with van der Waals surface area (Å²) in [6.07, 6.45) is -1.17. The largest absolute Gasteiger partial charge is 0.478 e. The molecule has 1 atom stereocenters. The quantitative estimate of drug-likeness (QED) is 0.797. The number of rotatable bonds is 4. The van der Waals surface area contributed by atoms with Crippen LogP contribution in [0.5, 0.6) is 5.75 Å². The highest BCUT2D eigenvalue weighted by Gasteiger charge is 2.20. The van der Waals surface area contributed by atoms with Gasteiger partial charge in [0.05, 0.1) is 4.90 Å². The van der Waals surface area contributed by atoms with Crippen LogP contribution >= 0.6 is 10.7 Å². The Bertz CT molecular complexity index is 665. The van der Waals surface area contributed by atoms with E-state index in [1.165, 1.54) is 14.0 Å². The zero-order valence-corrected chi connectivity index (χ0v) is 12.6. The highest BCUT2D eigenvalue weighted by molar-refractivity contribution is 8.13. The molecule has 0 saturated heterocycles. The topological polar surface area (TPSA) is 102 Å². The average molecular weight is 339 g/mol. The molecule has 21 heavy (non-hydrogen) atoms. The molecule has 0 radical (unpaired) electrons. The fraction of sp³-hybridized carbons (Fsp3) is 0.273. The number of ether oxygens (including phenoxy) is 1. The van der Waals surface area contributed by atoms with Crippen molar-refractivity contribution in [2.45, 2.75) is 17.9 Å². The van der Waals surface area contributed by atoms with Crippen molar-refractivity contribution in [3.8, 4) is 5.75 Å². The molecule has 3 amide bonds. The van der Waals surface area contributed by atoms with Gasteiger partial charge in [0, 0.05) is 17.7 Å². The lowest BCUT2D eigenvalue weighted by Crippen LogP contribution is -2.44. The van der Waals surface area contributed by atoms with Crippen molar-refractivity contribution >= 4 is 31.7 Å². The molecule has 0 bridgehead atoms. The van der Waals surface area contributed by atoms with Gasteiger partial charge in [0.1, 0.15) is 0 Å². The Kier molecular flexibility index (Phi) is 5.50.